The number of carbonyl (C=O) groups excluding carboxylic acids is 1. The number of anilines is 2. The zero-order valence-electron chi connectivity index (χ0n) is 18.2. The Morgan fingerprint density at radius 2 is 1.55 bits per heavy atom. The molecule has 0 fully saturated rings. The normalized spacial score (nSPS) is 10.4. The number of ether oxygens (including phenoxy) is 4. The van der Waals surface area contributed by atoms with E-state index in [1.807, 2.05) is 19.1 Å². The lowest BCUT2D eigenvalue weighted by Crippen LogP contribution is -2.20. The average Bonchev–Trinajstić information content (AvgIpc) is 3.20. The number of carbonyl (C=O) groups is 1. The molecule has 3 rings (SSSR count). The number of hydrogen-bond acceptors (Lipinski definition) is 6. The molecule has 164 valence electrons. The SMILES string of the molecule is CCc1[nH]nc(-c2ccc(OC)cc2OC)c1NC(=O)Nc1ccc(OC)cc1OC. The Balaban J connectivity index is 1.91. The van der Waals surface area contributed by atoms with Crippen LogP contribution in [0, 0.1) is 0 Å². The van der Waals surface area contributed by atoms with Crippen molar-refractivity contribution in [2.24, 2.45) is 0 Å². The minimum atomic E-state index is -0.437. The number of nitrogens with one attached hydrogen (secondary N) is 3. The van der Waals surface area contributed by atoms with Crippen molar-refractivity contribution in [3.63, 3.8) is 0 Å². The van der Waals surface area contributed by atoms with Gasteiger partial charge in [-0.3, -0.25) is 5.10 Å². The van der Waals surface area contributed by atoms with Gasteiger partial charge in [-0.15, -0.1) is 0 Å². The summed E-state index contributed by atoms with van der Waals surface area (Å²) in [7, 11) is 6.25. The number of aromatic amines is 1. The molecule has 0 aliphatic rings. The fraction of sp³-hybridized carbons (Fsp3) is 0.273. The maximum Gasteiger partial charge on any atom is 0.323 e. The van der Waals surface area contributed by atoms with Crippen LogP contribution in [-0.2, 0) is 6.42 Å². The molecule has 0 unspecified atom stereocenters. The van der Waals surface area contributed by atoms with Crippen molar-refractivity contribution in [3.05, 3.63) is 42.1 Å². The molecule has 0 radical (unpaired) electrons. The van der Waals surface area contributed by atoms with E-state index in [0.29, 0.717) is 46.5 Å². The number of hydrogen-bond donors (Lipinski definition) is 3. The smallest absolute Gasteiger partial charge is 0.323 e. The molecule has 0 atom stereocenters. The van der Waals surface area contributed by atoms with E-state index in [9.17, 15) is 4.79 Å². The monoisotopic (exact) mass is 426 g/mol. The van der Waals surface area contributed by atoms with Gasteiger partial charge in [0, 0.05) is 17.7 Å². The van der Waals surface area contributed by atoms with Gasteiger partial charge in [-0.1, -0.05) is 6.92 Å². The standard InChI is InChI=1S/C22H26N4O5/c1-6-16-21(20(26-25-16)15-9-7-13(28-2)11-18(15)30-4)24-22(27)23-17-10-8-14(29-3)12-19(17)31-5/h7-12H,6H2,1-5H3,(H,25,26)(H2,23,24,27). The number of aryl methyl sites for hydroxylation is 1. The van der Waals surface area contributed by atoms with Crippen molar-refractivity contribution < 1.29 is 23.7 Å². The third kappa shape index (κ3) is 4.66. The van der Waals surface area contributed by atoms with Crippen LogP contribution >= 0.6 is 0 Å². The Hall–Kier alpha value is -3.88. The molecule has 3 N–H and O–H groups in total. The highest BCUT2D eigenvalue weighted by atomic mass is 16.5. The lowest BCUT2D eigenvalue weighted by Gasteiger charge is -2.14. The van der Waals surface area contributed by atoms with Crippen molar-refractivity contribution in [2.75, 3.05) is 39.1 Å². The number of methoxy groups -OCH3 is 4. The van der Waals surface area contributed by atoms with Crippen LogP contribution in [-0.4, -0.2) is 44.7 Å². The Labute approximate surface area is 180 Å². The molecule has 0 bridgehead atoms. The highest BCUT2D eigenvalue weighted by Gasteiger charge is 2.20. The predicted molar refractivity (Wildman–Crippen MR) is 119 cm³/mol. The van der Waals surface area contributed by atoms with Gasteiger partial charge in [0.1, 0.15) is 28.7 Å². The number of rotatable bonds is 8. The highest BCUT2D eigenvalue weighted by Crippen LogP contribution is 2.38. The van der Waals surface area contributed by atoms with Gasteiger partial charge in [0.2, 0.25) is 0 Å². The summed E-state index contributed by atoms with van der Waals surface area (Å²) in [5, 5.41) is 13.1. The van der Waals surface area contributed by atoms with E-state index in [4.69, 9.17) is 18.9 Å². The summed E-state index contributed by atoms with van der Waals surface area (Å²) in [6, 6.07) is 10.1. The summed E-state index contributed by atoms with van der Waals surface area (Å²) < 4.78 is 21.3. The number of aromatic nitrogens is 2. The molecule has 2 aromatic carbocycles. The molecule has 9 nitrogen and oxygen atoms in total. The summed E-state index contributed by atoms with van der Waals surface area (Å²) in [5.41, 5.74) is 3.14. The van der Waals surface area contributed by atoms with Crippen molar-refractivity contribution in [2.45, 2.75) is 13.3 Å². The summed E-state index contributed by atoms with van der Waals surface area (Å²) in [4.78, 5) is 12.8. The maximum absolute atomic E-state index is 12.8. The molecule has 9 heteroatoms. The lowest BCUT2D eigenvalue weighted by molar-refractivity contribution is 0.262. The second-order valence-electron chi connectivity index (χ2n) is 6.49. The zero-order valence-corrected chi connectivity index (χ0v) is 18.2. The summed E-state index contributed by atoms with van der Waals surface area (Å²) in [5.74, 6) is 2.34. The number of benzene rings is 2. The van der Waals surface area contributed by atoms with Crippen molar-refractivity contribution >= 4 is 17.4 Å². The van der Waals surface area contributed by atoms with Crippen LogP contribution in [0.5, 0.6) is 23.0 Å². The fourth-order valence-corrected chi connectivity index (χ4v) is 3.13. The summed E-state index contributed by atoms with van der Waals surface area (Å²) in [6.45, 7) is 1.97. The lowest BCUT2D eigenvalue weighted by atomic mass is 10.1. The molecule has 1 aromatic heterocycles. The topological polar surface area (TPSA) is 107 Å². The van der Waals surface area contributed by atoms with E-state index in [0.717, 1.165) is 11.3 Å². The largest absolute Gasteiger partial charge is 0.497 e. The molecule has 0 saturated heterocycles. The quantitative estimate of drug-likeness (QED) is 0.495. The van der Waals surface area contributed by atoms with E-state index < -0.39 is 6.03 Å². The van der Waals surface area contributed by atoms with Crippen LogP contribution in [0.15, 0.2) is 36.4 Å². The minimum Gasteiger partial charge on any atom is -0.497 e. The van der Waals surface area contributed by atoms with E-state index in [1.54, 1.807) is 45.6 Å². The average molecular weight is 426 g/mol. The van der Waals surface area contributed by atoms with E-state index in [-0.39, 0.29) is 0 Å². The molecule has 0 spiro atoms. The molecule has 0 saturated carbocycles. The second kappa shape index (κ2) is 9.75. The number of urea groups is 1. The van der Waals surface area contributed by atoms with E-state index in [1.165, 1.54) is 7.11 Å². The van der Waals surface area contributed by atoms with Gasteiger partial charge in [-0.05, 0) is 30.7 Å². The third-order valence-electron chi connectivity index (χ3n) is 4.75. The first-order valence-electron chi connectivity index (χ1n) is 9.64. The molecule has 31 heavy (non-hydrogen) atoms. The highest BCUT2D eigenvalue weighted by molar-refractivity contribution is 6.03. The van der Waals surface area contributed by atoms with Crippen LogP contribution in [0.4, 0.5) is 16.2 Å². The van der Waals surface area contributed by atoms with Gasteiger partial charge in [-0.2, -0.15) is 5.10 Å². The van der Waals surface area contributed by atoms with Crippen LogP contribution in [0.2, 0.25) is 0 Å². The second-order valence-corrected chi connectivity index (χ2v) is 6.49. The Kier molecular flexibility index (Phi) is 6.86. The van der Waals surface area contributed by atoms with Gasteiger partial charge in [0.05, 0.1) is 45.5 Å². The molecular weight excluding hydrogens is 400 g/mol. The van der Waals surface area contributed by atoms with Gasteiger partial charge in [-0.25, -0.2) is 4.79 Å². The van der Waals surface area contributed by atoms with E-state index >= 15 is 0 Å². The van der Waals surface area contributed by atoms with Crippen LogP contribution in [0.25, 0.3) is 11.3 Å². The molecule has 0 aliphatic carbocycles. The first-order valence-corrected chi connectivity index (χ1v) is 9.64. The van der Waals surface area contributed by atoms with Crippen LogP contribution < -0.4 is 29.6 Å². The molecular formula is C22H26N4O5. The zero-order chi connectivity index (χ0) is 22.4. The first-order chi connectivity index (χ1) is 15.0. The fourth-order valence-electron chi connectivity index (χ4n) is 3.13. The van der Waals surface area contributed by atoms with Crippen LogP contribution in [0.1, 0.15) is 12.6 Å². The first kappa shape index (κ1) is 21.8. The Morgan fingerprint density at radius 1 is 0.903 bits per heavy atom. The van der Waals surface area contributed by atoms with Crippen molar-refractivity contribution in [1.29, 1.82) is 0 Å². The van der Waals surface area contributed by atoms with Gasteiger partial charge in [0.25, 0.3) is 0 Å². The van der Waals surface area contributed by atoms with Crippen molar-refractivity contribution in [3.8, 4) is 34.3 Å². The van der Waals surface area contributed by atoms with Crippen LogP contribution in [0.3, 0.4) is 0 Å². The van der Waals surface area contributed by atoms with Crippen molar-refractivity contribution in [1.82, 2.24) is 10.2 Å². The minimum absolute atomic E-state index is 0.437. The molecule has 1 heterocycles. The van der Waals surface area contributed by atoms with E-state index in [2.05, 4.69) is 20.8 Å². The Bertz CT molecular complexity index is 1060. The Morgan fingerprint density at radius 3 is 2.16 bits per heavy atom. The predicted octanol–water partition coefficient (Wildman–Crippen LogP) is 4.32. The molecule has 3 aromatic rings. The van der Waals surface area contributed by atoms with Gasteiger partial charge in [0.15, 0.2) is 0 Å². The van der Waals surface area contributed by atoms with Gasteiger partial charge >= 0.3 is 6.03 Å². The van der Waals surface area contributed by atoms with Gasteiger partial charge < -0.3 is 29.6 Å². The maximum atomic E-state index is 12.8. The summed E-state index contributed by atoms with van der Waals surface area (Å²) >= 11 is 0. The third-order valence-corrected chi connectivity index (χ3v) is 4.75. The molecule has 2 amide bonds. The summed E-state index contributed by atoms with van der Waals surface area (Å²) in [6.07, 6.45) is 0.646. The number of nitrogens with zero attached hydrogens (tertiary/aromatic N) is 1. The number of H-pyrrole nitrogens is 1. The number of amides is 2. The molecule has 0 aliphatic heterocycles.